The average molecular weight is 405 g/mol. The van der Waals surface area contributed by atoms with Crippen LogP contribution in [0.4, 0.5) is 0 Å². The van der Waals surface area contributed by atoms with Crippen LogP contribution in [0.3, 0.4) is 0 Å². The van der Waals surface area contributed by atoms with E-state index in [1.165, 1.54) is 11.1 Å². The first-order chi connectivity index (χ1) is 11.5. The third kappa shape index (κ3) is 8.13. The first kappa shape index (κ1) is 21.7. The third-order valence-electron chi connectivity index (χ3n) is 3.24. The second-order valence-electron chi connectivity index (χ2n) is 5.22. The maximum Gasteiger partial charge on any atom is 0.136 e. The number of likely N-dealkylation sites (N-methyl/N-ethyl adjacent to an activating group) is 2. The van der Waals surface area contributed by atoms with Gasteiger partial charge >= 0.3 is 0 Å². The van der Waals surface area contributed by atoms with Gasteiger partial charge in [-0.15, -0.1) is 0 Å². The minimum Gasteiger partial charge on any atom is -0.395 e. The van der Waals surface area contributed by atoms with E-state index in [9.17, 15) is 0 Å². The predicted octanol–water partition coefficient (Wildman–Crippen LogP) is 2.57. The van der Waals surface area contributed by atoms with Crippen molar-refractivity contribution >= 4 is 56.6 Å². The van der Waals surface area contributed by atoms with Crippen molar-refractivity contribution in [2.24, 2.45) is 0 Å². The SMILES string of the molecule is CN(CCO)C(=S)SCc1ccc(CSC(=S)N(C)CCO)cc1. The summed E-state index contributed by atoms with van der Waals surface area (Å²) in [6.45, 7) is 1.34. The highest BCUT2D eigenvalue weighted by Gasteiger charge is 2.06. The van der Waals surface area contributed by atoms with Gasteiger partial charge in [-0.1, -0.05) is 72.2 Å². The summed E-state index contributed by atoms with van der Waals surface area (Å²) >= 11 is 13.8. The Labute approximate surface area is 163 Å². The molecule has 8 heteroatoms. The molecule has 0 radical (unpaired) electrons. The van der Waals surface area contributed by atoms with E-state index >= 15 is 0 Å². The van der Waals surface area contributed by atoms with Gasteiger partial charge in [0, 0.05) is 38.7 Å². The Balaban J connectivity index is 2.40. The van der Waals surface area contributed by atoms with Gasteiger partial charge in [-0.05, 0) is 11.1 Å². The fourth-order valence-corrected chi connectivity index (χ4v) is 3.85. The highest BCUT2D eigenvalue weighted by molar-refractivity contribution is 8.22. The van der Waals surface area contributed by atoms with Gasteiger partial charge in [0.25, 0.3) is 0 Å². The Bertz CT molecular complexity index is 478. The highest BCUT2D eigenvalue weighted by Crippen LogP contribution is 2.19. The van der Waals surface area contributed by atoms with Crippen molar-refractivity contribution in [2.75, 3.05) is 40.4 Å². The van der Waals surface area contributed by atoms with E-state index in [0.717, 1.165) is 20.1 Å². The molecule has 0 aliphatic carbocycles. The van der Waals surface area contributed by atoms with Crippen LogP contribution in [-0.4, -0.2) is 69.1 Å². The van der Waals surface area contributed by atoms with Crippen molar-refractivity contribution < 1.29 is 10.2 Å². The third-order valence-corrected chi connectivity index (χ3v) is 6.64. The normalized spacial score (nSPS) is 10.5. The van der Waals surface area contributed by atoms with Crippen LogP contribution in [0.1, 0.15) is 11.1 Å². The van der Waals surface area contributed by atoms with Gasteiger partial charge in [-0.3, -0.25) is 0 Å². The summed E-state index contributed by atoms with van der Waals surface area (Å²) in [5, 5.41) is 17.8. The van der Waals surface area contributed by atoms with Crippen LogP contribution in [0, 0.1) is 0 Å². The molecule has 1 aromatic rings. The van der Waals surface area contributed by atoms with Crippen molar-refractivity contribution in [1.82, 2.24) is 9.80 Å². The number of thioether (sulfide) groups is 2. The molecule has 0 bridgehead atoms. The zero-order chi connectivity index (χ0) is 17.9. The monoisotopic (exact) mass is 404 g/mol. The van der Waals surface area contributed by atoms with Crippen molar-refractivity contribution in [1.29, 1.82) is 0 Å². The fourth-order valence-electron chi connectivity index (χ4n) is 1.72. The molecule has 0 fully saturated rings. The summed E-state index contributed by atoms with van der Waals surface area (Å²) in [5.41, 5.74) is 2.43. The van der Waals surface area contributed by atoms with Crippen LogP contribution in [0.5, 0.6) is 0 Å². The van der Waals surface area contributed by atoms with Crippen LogP contribution >= 0.6 is 48.0 Å². The lowest BCUT2D eigenvalue weighted by molar-refractivity contribution is 0.266. The van der Waals surface area contributed by atoms with Crippen molar-refractivity contribution in [3.05, 3.63) is 35.4 Å². The Hall–Kier alpha value is -0.380. The lowest BCUT2D eigenvalue weighted by Gasteiger charge is -2.18. The molecule has 0 aromatic heterocycles. The first-order valence-electron chi connectivity index (χ1n) is 7.53. The van der Waals surface area contributed by atoms with Gasteiger partial charge in [-0.2, -0.15) is 0 Å². The Morgan fingerprint density at radius 3 is 1.46 bits per heavy atom. The van der Waals surface area contributed by atoms with Crippen molar-refractivity contribution in [3.63, 3.8) is 0 Å². The molecule has 0 aliphatic rings. The number of rotatable bonds is 8. The molecule has 4 nitrogen and oxygen atoms in total. The molecule has 0 saturated carbocycles. The molecule has 0 spiro atoms. The molecule has 0 aliphatic heterocycles. The minimum absolute atomic E-state index is 0.110. The first-order valence-corrected chi connectivity index (χ1v) is 10.3. The maximum atomic E-state index is 8.92. The molecule has 1 rings (SSSR count). The molecule has 2 N–H and O–H groups in total. The fraction of sp³-hybridized carbons (Fsp3) is 0.500. The van der Waals surface area contributed by atoms with Crippen LogP contribution < -0.4 is 0 Å². The molecular weight excluding hydrogens is 380 g/mol. The number of nitrogens with zero attached hydrogens (tertiary/aromatic N) is 2. The van der Waals surface area contributed by atoms with Gasteiger partial charge in [0.15, 0.2) is 0 Å². The molecule has 0 atom stereocenters. The molecular formula is C16H24N2O2S4. The predicted molar refractivity (Wildman–Crippen MR) is 114 cm³/mol. The standard InChI is InChI=1S/C16H24N2O2S4/c1-17(7-9-19)15(21)23-11-13-3-5-14(6-4-13)12-24-16(22)18(2)8-10-20/h3-6,19-20H,7-12H2,1-2H3. The van der Waals surface area contributed by atoms with Crippen LogP contribution in [-0.2, 0) is 11.5 Å². The van der Waals surface area contributed by atoms with E-state index in [-0.39, 0.29) is 13.2 Å². The summed E-state index contributed by atoms with van der Waals surface area (Å²) in [4.78, 5) is 3.77. The van der Waals surface area contributed by atoms with E-state index in [0.29, 0.717) is 13.1 Å². The van der Waals surface area contributed by atoms with Gasteiger partial charge < -0.3 is 20.0 Å². The van der Waals surface area contributed by atoms with Gasteiger partial charge in [0.1, 0.15) is 8.64 Å². The van der Waals surface area contributed by atoms with Gasteiger partial charge in [0.05, 0.1) is 13.2 Å². The molecule has 0 unspecified atom stereocenters. The zero-order valence-corrected chi connectivity index (χ0v) is 17.2. The quantitative estimate of drug-likeness (QED) is 0.641. The van der Waals surface area contributed by atoms with E-state index in [1.807, 2.05) is 23.9 Å². The summed E-state index contributed by atoms with van der Waals surface area (Å²) in [7, 11) is 3.78. The number of hydrogen-bond donors (Lipinski definition) is 2. The molecule has 0 saturated heterocycles. The number of aliphatic hydroxyl groups is 2. The zero-order valence-electron chi connectivity index (χ0n) is 14.0. The lowest BCUT2D eigenvalue weighted by atomic mass is 10.2. The number of benzene rings is 1. The maximum absolute atomic E-state index is 8.92. The summed E-state index contributed by atoms with van der Waals surface area (Å²) in [5.74, 6) is 1.64. The molecule has 1 aromatic carbocycles. The minimum atomic E-state index is 0.110. The average Bonchev–Trinajstić information content (AvgIpc) is 2.58. The highest BCUT2D eigenvalue weighted by atomic mass is 32.2. The van der Waals surface area contributed by atoms with Crippen molar-refractivity contribution in [3.8, 4) is 0 Å². The Morgan fingerprint density at radius 1 is 0.833 bits per heavy atom. The van der Waals surface area contributed by atoms with E-state index in [4.69, 9.17) is 34.6 Å². The van der Waals surface area contributed by atoms with Crippen LogP contribution in [0.25, 0.3) is 0 Å². The summed E-state index contributed by atoms with van der Waals surface area (Å²) in [6.07, 6.45) is 0. The van der Waals surface area contributed by atoms with Gasteiger partial charge in [-0.25, -0.2) is 0 Å². The largest absolute Gasteiger partial charge is 0.395 e. The second-order valence-corrected chi connectivity index (χ2v) is 8.43. The lowest BCUT2D eigenvalue weighted by Crippen LogP contribution is -2.25. The van der Waals surface area contributed by atoms with Gasteiger partial charge in [0.2, 0.25) is 0 Å². The van der Waals surface area contributed by atoms with E-state index in [2.05, 4.69) is 24.3 Å². The molecule has 0 amide bonds. The van der Waals surface area contributed by atoms with Crippen LogP contribution in [0.15, 0.2) is 24.3 Å². The van der Waals surface area contributed by atoms with Crippen molar-refractivity contribution in [2.45, 2.75) is 11.5 Å². The smallest absolute Gasteiger partial charge is 0.136 e. The Morgan fingerprint density at radius 2 is 1.17 bits per heavy atom. The number of aliphatic hydroxyl groups excluding tert-OH is 2. The number of hydrogen-bond acceptors (Lipinski definition) is 6. The second kappa shape index (κ2) is 12.1. The molecule has 134 valence electrons. The molecule has 24 heavy (non-hydrogen) atoms. The summed E-state index contributed by atoms with van der Waals surface area (Å²) in [6, 6.07) is 8.44. The molecule has 0 heterocycles. The van der Waals surface area contributed by atoms with E-state index < -0.39 is 0 Å². The van der Waals surface area contributed by atoms with Crippen LogP contribution in [0.2, 0.25) is 0 Å². The van der Waals surface area contributed by atoms with E-state index in [1.54, 1.807) is 23.5 Å². The topological polar surface area (TPSA) is 46.9 Å². The number of thiocarbonyl (C=S) groups is 2. The summed E-state index contributed by atoms with van der Waals surface area (Å²) < 4.78 is 1.59. The Kier molecular flexibility index (Phi) is 10.9.